The topological polar surface area (TPSA) is 0 Å². The van der Waals surface area contributed by atoms with Crippen LogP contribution in [0.2, 0.25) is 0 Å². The van der Waals surface area contributed by atoms with E-state index in [1.807, 2.05) is 24.3 Å². The van der Waals surface area contributed by atoms with Gasteiger partial charge in [0, 0.05) is 0 Å². The standard InChI is InChI=1S/C19H14/c1-15-14-18(16-8-4-2-5-9-16)12-13-19(15)17-10-6-3-7-11-17/h2-11,13H,1H3. The summed E-state index contributed by atoms with van der Waals surface area (Å²) >= 11 is 0. The minimum atomic E-state index is 1.03. The van der Waals surface area contributed by atoms with Crippen molar-refractivity contribution in [2.45, 2.75) is 6.92 Å². The molecule has 0 heteroatoms. The maximum atomic E-state index is 3.44. The first kappa shape index (κ1) is 11.7. The second kappa shape index (κ2) is 5.11. The van der Waals surface area contributed by atoms with E-state index in [9.17, 15) is 0 Å². The number of benzene rings is 3. The second-order valence-corrected chi connectivity index (χ2v) is 4.56. The van der Waals surface area contributed by atoms with Crippen LogP contribution in [0.3, 0.4) is 0 Å². The summed E-state index contributed by atoms with van der Waals surface area (Å²) in [7, 11) is 0. The van der Waals surface area contributed by atoms with E-state index in [4.69, 9.17) is 0 Å². The average molecular weight is 242 g/mol. The maximum absolute atomic E-state index is 3.44. The van der Waals surface area contributed by atoms with E-state index < -0.39 is 0 Å². The Morgan fingerprint density at radius 3 is 1.89 bits per heavy atom. The van der Waals surface area contributed by atoms with Crippen molar-refractivity contribution in [1.29, 1.82) is 0 Å². The summed E-state index contributed by atoms with van der Waals surface area (Å²) in [6.07, 6.45) is 0. The van der Waals surface area contributed by atoms with E-state index in [1.54, 1.807) is 0 Å². The van der Waals surface area contributed by atoms with Gasteiger partial charge in [0.15, 0.2) is 0 Å². The molecule has 0 saturated carbocycles. The quantitative estimate of drug-likeness (QED) is 0.597. The molecule has 0 bridgehead atoms. The molecule has 0 aromatic heterocycles. The van der Waals surface area contributed by atoms with Gasteiger partial charge < -0.3 is 0 Å². The molecule has 2 radical (unpaired) electrons. The highest BCUT2D eigenvalue weighted by Gasteiger charge is 2.04. The van der Waals surface area contributed by atoms with Gasteiger partial charge in [-0.15, -0.1) is 0 Å². The van der Waals surface area contributed by atoms with E-state index >= 15 is 0 Å². The van der Waals surface area contributed by atoms with Gasteiger partial charge in [-0.2, -0.15) is 0 Å². The molecule has 3 aromatic rings. The lowest BCUT2D eigenvalue weighted by Crippen LogP contribution is -1.86. The molecule has 3 aromatic carbocycles. The fraction of sp³-hybridized carbons (Fsp3) is 0.0526. The summed E-state index contributed by atoms with van der Waals surface area (Å²) in [4.78, 5) is 0. The maximum Gasteiger partial charge on any atom is -0.00232 e. The average Bonchev–Trinajstić information content (AvgIpc) is 2.49. The highest BCUT2D eigenvalue weighted by molar-refractivity contribution is 5.72. The predicted molar refractivity (Wildman–Crippen MR) is 79.7 cm³/mol. The van der Waals surface area contributed by atoms with Crippen molar-refractivity contribution in [3.05, 3.63) is 84.4 Å². The van der Waals surface area contributed by atoms with Crippen LogP contribution in [-0.2, 0) is 0 Å². The van der Waals surface area contributed by atoms with Crippen LogP contribution in [0.1, 0.15) is 5.56 Å². The van der Waals surface area contributed by atoms with E-state index in [0.717, 1.165) is 16.7 Å². The third-order valence-electron chi connectivity index (χ3n) is 3.22. The summed E-state index contributed by atoms with van der Waals surface area (Å²) < 4.78 is 0. The molecule has 0 spiro atoms. The molecule has 0 aliphatic heterocycles. The Morgan fingerprint density at radius 2 is 1.32 bits per heavy atom. The van der Waals surface area contributed by atoms with Gasteiger partial charge in [0.25, 0.3) is 0 Å². The molecule has 0 N–H and O–H groups in total. The molecule has 3 rings (SSSR count). The highest BCUT2D eigenvalue weighted by Crippen LogP contribution is 2.27. The summed E-state index contributed by atoms with van der Waals surface area (Å²) in [5, 5.41) is 0. The van der Waals surface area contributed by atoms with Crippen molar-refractivity contribution in [1.82, 2.24) is 0 Å². The highest BCUT2D eigenvalue weighted by atomic mass is 14.1. The molecule has 0 heterocycles. The van der Waals surface area contributed by atoms with Crippen molar-refractivity contribution in [2.75, 3.05) is 0 Å². The van der Waals surface area contributed by atoms with Gasteiger partial charge in [0.2, 0.25) is 0 Å². The Balaban J connectivity index is 2.04. The van der Waals surface area contributed by atoms with E-state index in [-0.39, 0.29) is 0 Å². The monoisotopic (exact) mass is 242 g/mol. The zero-order valence-electron chi connectivity index (χ0n) is 10.9. The Kier molecular flexibility index (Phi) is 3.16. The van der Waals surface area contributed by atoms with Crippen molar-refractivity contribution in [3.63, 3.8) is 0 Å². The summed E-state index contributed by atoms with van der Waals surface area (Å²) in [5.74, 6) is 0. The molecular weight excluding hydrogens is 228 g/mol. The molecule has 90 valence electrons. The SMILES string of the molecule is Cc1[c]c(-c2ccccc2)[c]cc1-c1ccccc1. The van der Waals surface area contributed by atoms with E-state index in [2.05, 4.69) is 61.5 Å². The molecule has 0 amide bonds. The Labute approximate surface area is 114 Å². The molecule has 19 heavy (non-hydrogen) atoms. The molecule has 0 aliphatic rings. The van der Waals surface area contributed by atoms with Crippen molar-refractivity contribution in [3.8, 4) is 22.3 Å². The fourth-order valence-corrected chi connectivity index (χ4v) is 2.22. The Morgan fingerprint density at radius 1 is 0.737 bits per heavy atom. The number of rotatable bonds is 2. The van der Waals surface area contributed by atoms with Gasteiger partial charge in [0.05, 0.1) is 0 Å². The normalized spacial score (nSPS) is 10.4. The van der Waals surface area contributed by atoms with Gasteiger partial charge in [-0.1, -0.05) is 60.7 Å². The van der Waals surface area contributed by atoms with Gasteiger partial charge in [-0.3, -0.25) is 0 Å². The molecule has 0 nitrogen and oxygen atoms in total. The van der Waals surface area contributed by atoms with Gasteiger partial charge in [-0.25, -0.2) is 0 Å². The smallest absolute Gasteiger partial charge is 0.00232 e. The van der Waals surface area contributed by atoms with Crippen LogP contribution >= 0.6 is 0 Å². The molecule has 0 fully saturated rings. The molecule has 0 aliphatic carbocycles. The first-order valence-corrected chi connectivity index (χ1v) is 6.40. The third kappa shape index (κ3) is 2.43. The number of hydrogen-bond acceptors (Lipinski definition) is 0. The van der Waals surface area contributed by atoms with Gasteiger partial charge >= 0.3 is 0 Å². The third-order valence-corrected chi connectivity index (χ3v) is 3.22. The largest absolute Gasteiger partial charge is 0.0622 e. The molecule has 0 unspecified atom stereocenters. The zero-order chi connectivity index (χ0) is 13.1. The Hall–Kier alpha value is -2.34. The summed E-state index contributed by atoms with van der Waals surface area (Å²) in [6.45, 7) is 2.10. The number of aryl methyl sites for hydroxylation is 1. The fourth-order valence-electron chi connectivity index (χ4n) is 2.22. The lowest BCUT2D eigenvalue weighted by molar-refractivity contribution is 1.44. The summed E-state index contributed by atoms with van der Waals surface area (Å²) in [6, 6.07) is 29.5. The molecule has 0 saturated heterocycles. The van der Waals surface area contributed by atoms with Crippen LogP contribution in [0.25, 0.3) is 22.3 Å². The second-order valence-electron chi connectivity index (χ2n) is 4.56. The van der Waals surface area contributed by atoms with Crippen LogP contribution in [0.15, 0.2) is 66.7 Å². The minimum Gasteiger partial charge on any atom is -0.0622 e. The number of hydrogen-bond donors (Lipinski definition) is 0. The molecular formula is C19H14. The van der Waals surface area contributed by atoms with Crippen LogP contribution in [0.5, 0.6) is 0 Å². The van der Waals surface area contributed by atoms with Gasteiger partial charge in [0.1, 0.15) is 0 Å². The van der Waals surface area contributed by atoms with Crippen molar-refractivity contribution in [2.24, 2.45) is 0 Å². The first-order valence-electron chi connectivity index (χ1n) is 6.40. The molecule has 0 atom stereocenters. The van der Waals surface area contributed by atoms with Gasteiger partial charge in [-0.05, 0) is 52.9 Å². The summed E-state index contributed by atoms with van der Waals surface area (Å²) in [5.41, 5.74) is 5.75. The van der Waals surface area contributed by atoms with Crippen molar-refractivity contribution >= 4 is 0 Å². The Bertz CT molecular complexity index is 667. The van der Waals surface area contributed by atoms with E-state index in [1.165, 1.54) is 11.1 Å². The minimum absolute atomic E-state index is 1.03. The van der Waals surface area contributed by atoms with Crippen LogP contribution < -0.4 is 0 Å². The first-order chi connectivity index (χ1) is 9.34. The lowest BCUT2D eigenvalue weighted by atomic mass is 9.96. The predicted octanol–water partition coefficient (Wildman–Crippen LogP) is 4.93. The van der Waals surface area contributed by atoms with Crippen LogP contribution in [0.4, 0.5) is 0 Å². The van der Waals surface area contributed by atoms with Crippen molar-refractivity contribution < 1.29 is 0 Å². The lowest BCUT2D eigenvalue weighted by Gasteiger charge is -2.08. The zero-order valence-corrected chi connectivity index (χ0v) is 10.9. The van der Waals surface area contributed by atoms with Crippen LogP contribution in [0, 0.1) is 19.1 Å². The van der Waals surface area contributed by atoms with E-state index in [0.29, 0.717) is 0 Å². The van der Waals surface area contributed by atoms with Crippen LogP contribution in [-0.4, -0.2) is 0 Å².